The summed E-state index contributed by atoms with van der Waals surface area (Å²) in [5, 5.41) is 20.3. The summed E-state index contributed by atoms with van der Waals surface area (Å²) in [6.45, 7) is 0. The maximum absolute atomic E-state index is 11.8. The third kappa shape index (κ3) is 2.15. The van der Waals surface area contributed by atoms with Crippen molar-refractivity contribution in [3.63, 3.8) is 0 Å². The number of halogens is 1. The Bertz CT molecular complexity index is 564. The van der Waals surface area contributed by atoms with Crippen molar-refractivity contribution in [2.45, 2.75) is 12.8 Å². The van der Waals surface area contributed by atoms with Crippen LogP contribution in [-0.4, -0.2) is 5.91 Å². The molecule has 2 rings (SSSR count). The van der Waals surface area contributed by atoms with Crippen molar-refractivity contribution in [2.75, 3.05) is 5.32 Å². The monoisotopic (exact) mass is 289 g/mol. The molecule has 1 saturated carbocycles. The topological polar surface area (TPSA) is 76.7 Å². The molecule has 1 amide bonds. The predicted molar refractivity (Wildman–Crippen MR) is 64.8 cm³/mol. The molecule has 1 aromatic carbocycles. The summed E-state index contributed by atoms with van der Waals surface area (Å²) in [5.41, 5.74) is 0.250. The van der Waals surface area contributed by atoms with Gasteiger partial charge >= 0.3 is 0 Å². The molecule has 84 valence electrons. The van der Waals surface area contributed by atoms with Crippen LogP contribution in [0.25, 0.3) is 0 Å². The van der Waals surface area contributed by atoms with Gasteiger partial charge in [-0.05, 0) is 47.0 Å². The molecule has 5 heteroatoms. The highest BCUT2D eigenvalue weighted by atomic mass is 79.9. The average Bonchev–Trinajstić information content (AvgIpc) is 3.12. The molecule has 1 fully saturated rings. The number of nitrogens with zero attached hydrogens (tertiary/aromatic N) is 2. The Morgan fingerprint density at radius 1 is 1.41 bits per heavy atom. The molecule has 0 aliphatic heterocycles. The van der Waals surface area contributed by atoms with E-state index < -0.39 is 5.41 Å². The number of carbonyl (C=O) groups is 1. The fourth-order valence-electron chi connectivity index (χ4n) is 1.44. The van der Waals surface area contributed by atoms with Gasteiger partial charge in [0.2, 0.25) is 5.91 Å². The van der Waals surface area contributed by atoms with Gasteiger partial charge in [-0.15, -0.1) is 0 Å². The first-order valence-electron chi connectivity index (χ1n) is 5.04. The van der Waals surface area contributed by atoms with Crippen molar-refractivity contribution in [1.82, 2.24) is 0 Å². The molecule has 0 spiro atoms. The lowest BCUT2D eigenvalue weighted by Gasteiger charge is -2.09. The van der Waals surface area contributed by atoms with E-state index in [-0.39, 0.29) is 5.91 Å². The number of hydrogen-bond donors (Lipinski definition) is 1. The second-order valence-electron chi connectivity index (χ2n) is 3.95. The molecule has 0 unspecified atom stereocenters. The SMILES string of the molecule is N#Cc1ccc(NC(=O)C2(C#N)CC2)c(Br)c1. The highest BCUT2D eigenvalue weighted by Gasteiger charge is 2.50. The van der Waals surface area contributed by atoms with Gasteiger partial charge in [0, 0.05) is 4.47 Å². The second kappa shape index (κ2) is 4.20. The second-order valence-corrected chi connectivity index (χ2v) is 4.81. The fourth-order valence-corrected chi connectivity index (χ4v) is 1.92. The van der Waals surface area contributed by atoms with Gasteiger partial charge in [-0.2, -0.15) is 10.5 Å². The normalized spacial score (nSPS) is 15.5. The Hall–Kier alpha value is -1.85. The molecule has 1 aliphatic rings. The Morgan fingerprint density at radius 3 is 2.59 bits per heavy atom. The molecule has 0 bridgehead atoms. The van der Waals surface area contributed by atoms with Crippen molar-refractivity contribution in [1.29, 1.82) is 10.5 Å². The number of hydrogen-bond acceptors (Lipinski definition) is 3. The highest BCUT2D eigenvalue weighted by molar-refractivity contribution is 9.10. The van der Waals surface area contributed by atoms with Gasteiger partial charge in [0.05, 0.1) is 23.4 Å². The summed E-state index contributed by atoms with van der Waals surface area (Å²) >= 11 is 3.28. The maximum atomic E-state index is 11.8. The quantitative estimate of drug-likeness (QED) is 0.909. The van der Waals surface area contributed by atoms with E-state index in [1.807, 2.05) is 12.1 Å². The Morgan fingerprint density at radius 2 is 2.12 bits per heavy atom. The Kier molecular flexibility index (Phi) is 2.87. The number of rotatable bonds is 2. The van der Waals surface area contributed by atoms with Crippen LogP contribution >= 0.6 is 15.9 Å². The van der Waals surface area contributed by atoms with Crippen molar-refractivity contribution < 1.29 is 4.79 Å². The summed E-state index contributed by atoms with van der Waals surface area (Å²) in [5.74, 6) is -0.273. The van der Waals surface area contributed by atoms with Gasteiger partial charge in [0.1, 0.15) is 5.41 Å². The predicted octanol–water partition coefficient (Wildman–Crippen LogP) is 2.56. The Labute approximate surface area is 107 Å². The Balaban J connectivity index is 2.18. The standard InChI is InChI=1S/C12H8BrN3O/c13-9-5-8(6-14)1-2-10(9)16-11(17)12(7-15)3-4-12/h1-2,5H,3-4H2,(H,16,17). The van der Waals surface area contributed by atoms with E-state index >= 15 is 0 Å². The van der Waals surface area contributed by atoms with Gasteiger partial charge in [-0.1, -0.05) is 0 Å². The van der Waals surface area contributed by atoms with Crippen LogP contribution in [0.1, 0.15) is 18.4 Å². The molecular formula is C12H8BrN3O. The highest BCUT2D eigenvalue weighted by Crippen LogP contribution is 2.46. The van der Waals surface area contributed by atoms with Crippen molar-refractivity contribution in [2.24, 2.45) is 5.41 Å². The van der Waals surface area contributed by atoms with Crippen LogP contribution in [0.2, 0.25) is 0 Å². The van der Waals surface area contributed by atoms with E-state index in [1.54, 1.807) is 18.2 Å². The molecule has 0 aromatic heterocycles. The lowest BCUT2D eigenvalue weighted by Crippen LogP contribution is -2.22. The van der Waals surface area contributed by atoms with Crippen LogP contribution in [0.15, 0.2) is 22.7 Å². The first kappa shape index (κ1) is 11.6. The van der Waals surface area contributed by atoms with Crippen molar-refractivity contribution in [3.8, 4) is 12.1 Å². The first-order valence-corrected chi connectivity index (χ1v) is 5.83. The molecule has 0 heterocycles. The van der Waals surface area contributed by atoms with Crippen molar-refractivity contribution >= 4 is 27.5 Å². The minimum Gasteiger partial charge on any atom is -0.324 e. The summed E-state index contributed by atoms with van der Waals surface area (Å²) < 4.78 is 0.638. The average molecular weight is 290 g/mol. The number of nitriles is 2. The van der Waals surface area contributed by atoms with Crippen LogP contribution in [0.3, 0.4) is 0 Å². The largest absolute Gasteiger partial charge is 0.324 e. The number of amides is 1. The van der Waals surface area contributed by atoms with E-state index in [2.05, 4.69) is 21.2 Å². The number of nitrogens with one attached hydrogen (secondary N) is 1. The van der Waals surface area contributed by atoms with Gasteiger partial charge in [0.15, 0.2) is 0 Å². The van der Waals surface area contributed by atoms with Crippen molar-refractivity contribution in [3.05, 3.63) is 28.2 Å². The fraction of sp³-hybridized carbons (Fsp3) is 0.250. The lowest BCUT2D eigenvalue weighted by molar-refractivity contribution is -0.119. The third-order valence-electron chi connectivity index (χ3n) is 2.75. The number of anilines is 1. The van der Waals surface area contributed by atoms with Gasteiger partial charge in [-0.25, -0.2) is 0 Å². The first-order chi connectivity index (χ1) is 8.11. The summed E-state index contributed by atoms with van der Waals surface area (Å²) in [7, 11) is 0. The van der Waals surface area contributed by atoms with E-state index in [0.717, 1.165) is 0 Å². The smallest absolute Gasteiger partial charge is 0.244 e. The zero-order valence-electron chi connectivity index (χ0n) is 8.83. The van der Waals surface area contributed by atoms with Crippen LogP contribution in [0.4, 0.5) is 5.69 Å². The molecule has 0 radical (unpaired) electrons. The molecular weight excluding hydrogens is 282 g/mol. The maximum Gasteiger partial charge on any atom is 0.244 e. The van der Waals surface area contributed by atoms with E-state index in [1.165, 1.54) is 0 Å². The van der Waals surface area contributed by atoms with Gasteiger partial charge in [-0.3, -0.25) is 4.79 Å². The zero-order valence-corrected chi connectivity index (χ0v) is 10.4. The van der Waals surface area contributed by atoms with Crippen LogP contribution < -0.4 is 5.32 Å². The van der Waals surface area contributed by atoms with Crippen LogP contribution in [0, 0.1) is 28.1 Å². The van der Waals surface area contributed by atoms with E-state index in [4.69, 9.17) is 10.5 Å². The molecule has 1 aromatic rings. The van der Waals surface area contributed by atoms with Gasteiger partial charge < -0.3 is 5.32 Å². The minimum atomic E-state index is -0.840. The molecule has 0 atom stereocenters. The third-order valence-corrected chi connectivity index (χ3v) is 3.40. The molecule has 1 aliphatic carbocycles. The van der Waals surface area contributed by atoms with Gasteiger partial charge in [0.25, 0.3) is 0 Å². The number of carbonyl (C=O) groups excluding carboxylic acids is 1. The number of benzene rings is 1. The summed E-state index contributed by atoms with van der Waals surface area (Å²) in [6, 6.07) is 8.93. The van der Waals surface area contributed by atoms with Crippen LogP contribution in [0.5, 0.6) is 0 Å². The minimum absolute atomic E-state index is 0.273. The molecule has 4 nitrogen and oxygen atoms in total. The summed E-state index contributed by atoms with van der Waals surface area (Å²) in [4.78, 5) is 11.8. The molecule has 17 heavy (non-hydrogen) atoms. The lowest BCUT2D eigenvalue weighted by atomic mass is 10.1. The van der Waals surface area contributed by atoms with E-state index in [0.29, 0.717) is 28.6 Å². The summed E-state index contributed by atoms with van der Waals surface area (Å²) in [6.07, 6.45) is 1.23. The van der Waals surface area contributed by atoms with Crippen LogP contribution in [-0.2, 0) is 4.79 Å². The molecule has 0 saturated heterocycles. The zero-order chi connectivity index (χ0) is 12.5. The van der Waals surface area contributed by atoms with E-state index in [9.17, 15) is 4.79 Å². The molecule has 1 N–H and O–H groups in total.